The highest BCUT2D eigenvalue weighted by molar-refractivity contribution is 5.90. The minimum atomic E-state index is 0.0333. The van der Waals surface area contributed by atoms with Gasteiger partial charge in [0, 0.05) is 30.5 Å². The lowest BCUT2D eigenvalue weighted by molar-refractivity contribution is -0.115. The molecule has 18 heavy (non-hydrogen) atoms. The van der Waals surface area contributed by atoms with E-state index in [0.717, 1.165) is 23.5 Å². The van der Waals surface area contributed by atoms with Crippen LogP contribution in [0, 0.1) is 6.92 Å². The number of hydrogen-bond donors (Lipinski definition) is 1. The van der Waals surface area contributed by atoms with Gasteiger partial charge in [0.2, 0.25) is 5.91 Å². The van der Waals surface area contributed by atoms with Crippen molar-refractivity contribution in [1.82, 2.24) is 9.55 Å². The molecule has 2 aromatic rings. The predicted octanol–water partition coefficient (Wildman–Crippen LogP) is 2.59. The van der Waals surface area contributed by atoms with Gasteiger partial charge in [0.05, 0.1) is 6.33 Å². The number of nitrogens with one attached hydrogen (secondary N) is 1. The first kappa shape index (κ1) is 12.4. The van der Waals surface area contributed by atoms with E-state index in [2.05, 4.69) is 14.9 Å². The van der Waals surface area contributed by atoms with E-state index in [1.807, 2.05) is 50.6 Å². The van der Waals surface area contributed by atoms with Crippen LogP contribution in [0.4, 0.5) is 5.69 Å². The largest absolute Gasteiger partial charge is 0.330 e. The zero-order valence-corrected chi connectivity index (χ0v) is 10.7. The number of nitrogens with zero attached hydrogens (tertiary/aromatic N) is 2. The van der Waals surface area contributed by atoms with Gasteiger partial charge < -0.3 is 9.88 Å². The van der Waals surface area contributed by atoms with Crippen LogP contribution in [-0.2, 0) is 11.3 Å². The van der Waals surface area contributed by atoms with Gasteiger partial charge in [-0.3, -0.25) is 4.79 Å². The molecule has 0 aliphatic carbocycles. The Morgan fingerprint density at radius 2 is 2.28 bits per heavy atom. The molecule has 1 aromatic carbocycles. The zero-order valence-electron chi connectivity index (χ0n) is 10.7. The molecular formula is C14H17N3O. The molecule has 1 N–H and O–H groups in total. The Kier molecular flexibility index (Phi) is 3.77. The Hall–Kier alpha value is -2.10. The van der Waals surface area contributed by atoms with E-state index in [0.29, 0.717) is 6.42 Å². The van der Waals surface area contributed by atoms with Gasteiger partial charge in [0.25, 0.3) is 0 Å². The molecule has 1 amide bonds. The summed E-state index contributed by atoms with van der Waals surface area (Å²) in [4.78, 5) is 15.4. The fraction of sp³-hybridized carbons (Fsp3) is 0.286. The van der Waals surface area contributed by atoms with E-state index in [-0.39, 0.29) is 5.91 Å². The van der Waals surface area contributed by atoms with E-state index in [9.17, 15) is 4.79 Å². The molecule has 0 bridgehead atoms. The highest BCUT2D eigenvalue weighted by Crippen LogP contribution is 2.13. The number of benzene rings is 1. The molecule has 1 aromatic heterocycles. The maximum atomic E-state index is 11.3. The number of hydrogen-bond acceptors (Lipinski definition) is 2. The van der Waals surface area contributed by atoms with E-state index < -0.39 is 0 Å². The summed E-state index contributed by atoms with van der Waals surface area (Å²) in [5.74, 6) is 0.0333. The third kappa shape index (κ3) is 2.97. The molecule has 2 rings (SSSR count). The second-order valence-corrected chi connectivity index (χ2v) is 4.27. The van der Waals surface area contributed by atoms with Gasteiger partial charge >= 0.3 is 0 Å². The van der Waals surface area contributed by atoms with Crippen molar-refractivity contribution in [2.24, 2.45) is 0 Å². The Morgan fingerprint density at radius 1 is 1.44 bits per heavy atom. The van der Waals surface area contributed by atoms with Crippen LogP contribution < -0.4 is 5.32 Å². The zero-order chi connectivity index (χ0) is 13.0. The van der Waals surface area contributed by atoms with E-state index in [1.165, 1.54) is 0 Å². The summed E-state index contributed by atoms with van der Waals surface area (Å²) in [6.45, 7) is 4.63. The fourth-order valence-corrected chi connectivity index (χ4v) is 1.75. The lowest BCUT2D eigenvalue weighted by Gasteiger charge is -2.08. The quantitative estimate of drug-likeness (QED) is 0.897. The lowest BCUT2D eigenvalue weighted by Crippen LogP contribution is -2.09. The Labute approximate surface area is 107 Å². The molecular weight excluding hydrogens is 226 g/mol. The highest BCUT2D eigenvalue weighted by Gasteiger charge is 2.02. The van der Waals surface area contributed by atoms with Gasteiger partial charge in [-0.1, -0.05) is 19.1 Å². The first-order valence-electron chi connectivity index (χ1n) is 6.04. The van der Waals surface area contributed by atoms with Crippen LogP contribution in [0.5, 0.6) is 0 Å². The Morgan fingerprint density at radius 3 is 2.94 bits per heavy atom. The van der Waals surface area contributed by atoms with Crippen molar-refractivity contribution in [2.45, 2.75) is 26.8 Å². The molecule has 0 aliphatic heterocycles. The summed E-state index contributed by atoms with van der Waals surface area (Å²) in [7, 11) is 0. The summed E-state index contributed by atoms with van der Waals surface area (Å²) in [6.07, 6.45) is 4.14. The number of aromatic nitrogens is 2. The summed E-state index contributed by atoms with van der Waals surface area (Å²) in [5.41, 5.74) is 3.11. The Balaban J connectivity index is 2.12. The van der Waals surface area contributed by atoms with Crippen molar-refractivity contribution in [3.63, 3.8) is 0 Å². The maximum Gasteiger partial charge on any atom is 0.224 e. The molecule has 0 radical (unpaired) electrons. The number of imidazole rings is 1. The minimum absolute atomic E-state index is 0.0333. The van der Waals surface area contributed by atoms with E-state index in [4.69, 9.17) is 0 Å². The van der Waals surface area contributed by atoms with Gasteiger partial charge in [-0.2, -0.15) is 0 Å². The van der Waals surface area contributed by atoms with Crippen molar-refractivity contribution in [3.8, 4) is 0 Å². The summed E-state index contributed by atoms with van der Waals surface area (Å²) < 4.78 is 2.07. The molecule has 0 spiro atoms. The molecule has 0 saturated carbocycles. The Bertz CT molecular complexity index is 545. The lowest BCUT2D eigenvalue weighted by atomic mass is 10.2. The second-order valence-electron chi connectivity index (χ2n) is 4.27. The maximum absolute atomic E-state index is 11.3. The molecule has 0 aliphatic rings. The average molecular weight is 243 g/mol. The van der Waals surface area contributed by atoms with E-state index in [1.54, 1.807) is 0 Å². The van der Waals surface area contributed by atoms with Crippen LogP contribution in [0.25, 0.3) is 0 Å². The number of rotatable bonds is 4. The normalized spacial score (nSPS) is 10.3. The molecule has 0 atom stereocenters. The first-order valence-corrected chi connectivity index (χ1v) is 6.04. The van der Waals surface area contributed by atoms with Crippen molar-refractivity contribution in [1.29, 1.82) is 0 Å². The second kappa shape index (κ2) is 5.49. The van der Waals surface area contributed by atoms with Gasteiger partial charge in [0.15, 0.2) is 0 Å². The molecule has 4 nitrogen and oxygen atoms in total. The molecule has 94 valence electrons. The fourth-order valence-electron chi connectivity index (χ4n) is 1.75. The molecule has 1 heterocycles. The van der Waals surface area contributed by atoms with Gasteiger partial charge in [-0.05, 0) is 24.6 Å². The third-order valence-electron chi connectivity index (χ3n) is 2.81. The SMILES string of the molecule is CCC(=O)Nc1cccc(Cn2cncc2C)c1. The van der Waals surface area contributed by atoms with Crippen LogP contribution in [0.15, 0.2) is 36.8 Å². The number of anilines is 1. The van der Waals surface area contributed by atoms with Crippen molar-refractivity contribution >= 4 is 11.6 Å². The van der Waals surface area contributed by atoms with Crippen LogP contribution >= 0.6 is 0 Å². The van der Waals surface area contributed by atoms with Gasteiger partial charge in [-0.15, -0.1) is 0 Å². The van der Waals surface area contributed by atoms with E-state index >= 15 is 0 Å². The molecule has 0 unspecified atom stereocenters. The smallest absolute Gasteiger partial charge is 0.224 e. The predicted molar refractivity (Wildman–Crippen MR) is 71.4 cm³/mol. The van der Waals surface area contributed by atoms with Gasteiger partial charge in [-0.25, -0.2) is 4.98 Å². The first-order chi connectivity index (χ1) is 8.69. The van der Waals surface area contributed by atoms with Crippen LogP contribution in [0.2, 0.25) is 0 Å². The van der Waals surface area contributed by atoms with Crippen molar-refractivity contribution in [3.05, 3.63) is 48.0 Å². The average Bonchev–Trinajstić information content (AvgIpc) is 2.75. The molecule has 0 saturated heterocycles. The highest BCUT2D eigenvalue weighted by atomic mass is 16.1. The minimum Gasteiger partial charge on any atom is -0.330 e. The van der Waals surface area contributed by atoms with Crippen LogP contribution in [0.1, 0.15) is 24.6 Å². The summed E-state index contributed by atoms with van der Waals surface area (Å²) in [5, 5.41) is 2.86. The van der Waals surface area contributed by atoms with Crippen molar-refractivity contribution in [2.75, 3.05) is 5.32 Å². The summed E-state index contributed by atoms with van der Waals surface area (Å²) >= 11 is 0. The number of aryl methyl sites for hydroxylation is 1. The number of carbonyl (C=O) groups is 1. The third-order valence-corrected chi connectivity index (χ3v) is 2.81. The molecule has 0 fully saturated rings. The monoisotopic (exact) mass is 243 g/mol. The van der Waals surface area contributed by atoms with Crippen LogP contribution in [0.3, 0.4) is 0 Å². The standard InChI is InChI=1S/C14H17N3O/c1-3-14(18)16-13-6-4-5-12(7-13)9-17-10-15-8-11(17)2/h4-8,10H,3,9H2,1-2H3,(H,16,18). The topological polar surface area (TPSA) is 46.9 Å². The van der Waals surface area contributed by atoms with Gasteiger partial charge in [0.1, 0.15) is 0 Å². The van der Waals surface area contributed by atoms with Crippen molar-refractivity contribution < 1.29 is 4.79 Å². The number of carbonyl (C=O) groups excluding carboxylic acids is 1. The van der Waals surface area contributed by atoms with Crippen LogP contribution in [-0.4, -0.2) is 15.5 Å². The molecule has 4 heteroatoms. The number of amides is 1. The summed E-state index contributed by atoms with van der Waals surface area (Å²) in [6, 6.07) is 7.89.